The van der Waals surface area contributed by atoms with Gasteiger partial charge in [0.1, 0.15) is 0 Å². The molecule has 2 aliphatic heterocycles. The van der Waals surface area contributed by atoms with Crippen LogP contribution in [0.25, 0.3) is 0 Å². The lowest BCUT2D eigenvalue weighted by molar-refractivity contribution is -0.131. The van der Waals surface area contributed by atoms with Crippen molar-refractivity contribution in [2.75, 3.05) is 31.1 Å². The molecule has 7 heteroatoms. The number of rotatable bonds is 2. The van der Waals surface area contributed by atoms with E-state index in [2.05, 4.69) is 5.32 Å². The summed E-state index contributed by atoms with van der Waals surface area (Å²) in [7, 11) is -3.00. The van der Waals surface area contributed by atoms with Crippen LogP contribution in [0.1, 0.15) is 19.3 Å². The van der Waals surface area contributed by atoms with E-state index in [0.29, 0.717) is 19.0 Å². The van der Waals surface area contributed by atoms with Gasteiger partial charge in [-0.2, -0.15) is 0 Å². The molecule has 6 nitrogen and oxygen atoms in total. The van der Waals surface area contributed by atoms with Crippen LogP contribution in [-0.2, 0) is 14.6 Å². The average Bonchev–Trinajstić information content (AvgIpc) is 2.91. The third-order valence-electron chi connectivity index (χ3n) is 4.89. The van der Waals surface area contributed by atoms with Crippen molar-refractivity contribution in [2.24, 2.45) is 11.8 Å². The Labute approximate surface area is 119 Å². The minimum Gasteiger partial charge on any atom is -0.393 e. The maximum absolute atomic E-state index is 12.3. The third-order valence-corrected chi connectivity index (χ3v) is 6.63. The number of hydrogen-bond donors (Lipinski definition) is 2. The molecule has 0 aromatic carbocycles. The zero-order valence-electron chi connectivity index (χ0n) is 11.5. The quantitative estimate of drug-likeness (QED) is 0.683. The Morgan fingerprint density at radius 2 is 2.10 bits per heavy atom. The Hall–Kier alpha value is -0.660. The summed E-state index contributed by atoms with van der Waals surface area (Å²) >= 11 is 0. The predicted octanol–water partition coefficient (Wildman–Crippen LogP) is -1.01. The highest BCUT2D eigenvalue weighted by atomic mass is 32.2. The molecule has 0 spiro atoms. The number of hydrogen-bond acceptors (Lipinski definition) is 5. The van der Waals surface area contributed by atoms with Gasteiger partial charge >= 0.3 is 0 Å². The number of carbonyl (C=O) groups is 1. The second-order valence-electron chi connectivity index (χ2n) is 6.34. The molecule has 3 aliphatic rings. The molecule has 0 radical (unpaired) electrons. The number of nitrogens with one attached hydrogen (secondary N) is 1. The van der Waals surface area contributed by atoms with E-state index < -0.39 is 9.84 Å². The van der Waals surface area contributed by atoms with Gasteiger partial charge in [0.05, 0.1) is 17.6 Å². The molecule has 2 heterocycles. The molecule has 1 amide bonds. The van der Waals surface area contributed by atoms with Crippen LogP contribution in [0, 0.1) is 11.8 Å². The fourth-order valence-electron chi connectivity index (χ4n) is 3.78. The van der Waals surface area contributed by atoms with E-state index in [4.69, 9.17) is 0 Å². The van der Waals surface area contributed by atoms with Crippen molar-refractivity contribution in [1.82, 2.24) is 10.2 Å². The van der Waals surface area contributed by atoms with E-state index >= 15 is 0 Å². The maximum atomic E-state index is 12.3. The molecular formula is C13H22N2O4S. The van der Waals surface area contributed by atoms with Crippen molar-refractivity contribution in [3.05, 3.63) is 0 Å². The van der Waals surface area contributed by atoms with Crippen molar-refractivity contribution < 1.29 is 18.3 Å². The van der Waals surface area contributed by atoms with E-state index in [1.54, 1.807) is 4.90 Å². The summed E-state index contributed by atoms with van der Waals surface area (Å²) in [6, 6.07) is -0.258. The molecule has 20 heavy (non-hydrogen) atoms. The number of likely N-dealkylation sites (tertiary alicyclic amines) is 1. The second kappa shape index (κ2) is 5.27. The Bertz CT molecular complexity index is 493. The zero-order valence-corrected chi connectivity index (χ0v) is 12.3. The summed E-state index contributed by atoms with van der Waals surface area (Å²) in [5.74, 6) is 0.889. The molecule has 0 bridgehead atoms. The Morgan fingerprint density at radius 3 is 2.80 bits per heavy atom. The van der Waals surface area contributed by atoms with Crippen molar-refractivity contribution in [3.63, 3.8) is 0 Å². The van der Waals surface area contributed by atoms with Gasteiger partial charge in [-0.05, 0) is 18.8 Å². The van der Waals surface area contributed by atoms with Gasteiger partial charge in [-0.3, -0.25) is 4.79 Å². The molecule has 4 atom stereocenters. The van der Waals surface area contributed by atoms with Crippen molar-refractivity contribution >= 4 is 15.7 Å². The molecular weight excluding hydrogens is 280 g/mol. The number of fused-ring (bicyclic) bond motifs is 1. The zero-order chi connectivity index (χ0) is 14.3. The first kappa shape index (κ1) is 14.3. The lowest BCUT2D eigenvalue weighted by Crippen LogP contribution is -2.47. The molecule has 114 valence electrons. The van der Waals surface area contributed by atoms with Gasteiger partial charge in [-0.25, -0.2) is 8.42 Å². The SMILES string of the molecule is O=C(CC1CS(=O)(=O)CCN1)N1CC2CCC(O)C2C1. The molecule has 0 aromatic rings. The van der Waals surface area contributed by atoms with E-state index in [-0.39, 0.29) is 41.9 Å². The lowest BCUT2D eigenvalue weighted by Gasteiger charge is -2.26. The molecule has 2 N–H and O–H groups in total. The summed E-state index contributed by atoms with van der Waals surface area (Å²) < 4.78 is 23.1. The van der Waals surface area contributed by atoms with Crippen LogP contribution in [0.2, 0.25) is 0 Å². The largest absolute Gasteiger partial charge is 0.393 e. The molecule has 2 saturated heterocycles. The second-order valence-corrected chi connectivity index (χ2v) is 8.57. The number of sulfone groups is 1. The van der Waals surface area contributed by atoms with Crippen LogP contribution < -0.4 is 5.32 Å². The van der Waals surface area contributed by atoms with Crippen molar-refractivity contribution in [2.45, 2.75) is 31.4 Å². The summed E-state index contributed by atoms with van der Waals surface area (Å²) in [5.41, 5.74) is 0. The molecule has 1 saturated carbocycles. The topological polar surface area (TPSA) is 86.7 Å². The highest BCUT2D eigenvalue weighted by Gasteiger charge is 2.43. The smallest absolute Gasteiger partial charge is 0.224 e. The lowest BCUT2D eigenvalue weighted by atomic mass is 10.00. The molecule has 3 fully saturated rings. The highest BCUT2D eigenvalue weighted by molar-refractivity contribution is 7.91. The van der Waals surface area contributed by atoms with Crippen molar-refractivity contribution in [1.29, 1.82) is 0 Å². The third kappa shape index (κ3) is 2.84. The number of nitrogens with zero attached hydrogens (tertiary/aromatic N) is 1. The molecule has 1 aliphatic carbocycles. The molecule has 3 rings (SSSR count). The number of amides is 1. The van der Waals surface area contributed by atoms with Crippen LogP contribution >= 0.6 is 0 Å². The van der Waals surface area contributed by atoms with Crippen LogP contribution in [0.3, 0.4) is 0 Å². The highest BCUT2D eigenvalue weighted by Crippen LogP contribution is 2.38. The van der Waals surface area contributed by atoms with E-state index in [0.717, 1.165) is 19.4 Å². The first-order valence-corrected chi connectivity index (χ1v) is 9.16. The van der Waals surface area contributed by atoms with Gasteiger partial charge in [-0.15, -0.1) is 0 Å². The monoisotopic (exact) mass is 302 g/mol. The first-order valence-electron chi connectivity index (χ1n) is 7.34. The average molecular weight is 302 g/mol. The van der Waals surface area contributed by atoms with Crippen LogP contribution in [0.15, 0.2) is 0 Å². The molecule has 4 unspecified atom stereocenters. The molecule has 0 aromatic heterocycles. The van der Waals surface area contributed by atoms with Gasteiger partial charge < -0.3 is 15.3 Å². The van der Waals surface area contributed by atoms with Crippen LogP contribution in [0.5, 0.6) is 0 Å². The Kier molecular flexibility index (Phi) is 3.77. The van der Waals surface area contributed by atoms with Crippen molar-refractivity contribution in [3.8, 4) is 0 Å². The fraction of sp³-hybridized carbons (Fsp3) is 0.923. The summed E-state index contributed by atoms with van der Waals surface area (Å²) in [6.45, 7) is 1.79. The van der Waals surface area contributed by atoms with E-state index in [1.807, 2.05) is 0 Å². The van der Waals surface area contributed by atoms with Gasteiger partial charge in [0.15, 0.2) is 9.84 Å². The van der Waals surface area contributed by atoms with E-state index in [1.165, 1.54) is 0 Å². The normalized spacial score (nSPS) is 39.8. The van der Waals surface area contributed by atoms with E-state index in [9.17, 15) is 18.3 Å². The number of carbonyl (C=O) groups excluding carboxylic acids is 1. The van der Waals surface area contributed by atoms with Gasteiger partial charge in [0.2, 0.25) is 5.91 Å². The summed E-state index contributed by atoms with van der Waals surface area (Å²) in [6.07, 6.45) is 1.81. The maximum Gasteiger partial charge on any atom is 0.224 e. The minimum atomic E-state index is -3.00. The Morgan fingerprint density at radius 1 is 1.30 bits per heavy atom. The fourth-order valence-corrected chi connectivity index (χ4v) is 5.22. The number of aliphatic hydroxyl groups excluding tert-OH is 1. The minimum absolute atomic E-state index is 0.0150. The predicted molar refractivity (Wildman–Crippen MR) is 73.9 cm³/mol. The van der Waals surface area contributed by atoms with Gasteiger partial charge in [0, 0.05) is 38.0 Å². The van der Waals surface area contributed by atoms with Gasteiger partial charge in [0.25, 0.3) is 0 Å². The Balaban J connectivity index is 1.55. The summed E-state index contributed by atoms with van der Waals surface area (Å²) in [4.78, 5) is 14.1. The summed E-state index contributed by atoms with van der Waals surface area (Å²) in [5, 5.41) is 13.0. The van der Waals surface area contributed by atoms with Gasteiger partial charge in [-0.1, -0.05) is 0 Å². The van der Waals surface area contributed by atoms with Crippen LogP contribution in [0.4, 0.5) is 0 Å². The number of aliphatic hydroxyl groups is 1. The first-order chi connectivity index (χ1) is 9.44. The standard InChI is InChI=1S/C13H22N2O4S/c16-12-2-1-9-6-15(7-11(9)12)13(17)5-10-8-20(18,19)4-3-14-10/h9-12,14,16H,1-8H2. The van der Waals surface area contributed by atoms with Crippen LogP contribution in [-0.4, -0.2) is 67.6 Å².